The van der Waals surface area contributed by atoms with Crippen LogP contribution in [-0.4, -0.2) is 31.9 Å². The molecule has 1 aliphatic heterocycles. The highest BCUT2D eigenvalue weighted by atomic mass is 32.2. The van der Waals surface area contributed by atoms with E-state index in [1.807, 2.05) is 26.0 Å². The maximum absolute atomic E-state index is 12.6. The van der Waals surface area contributed by atoms with Gasteiger partial charge in [-0.2, -0.15) is 4.31 Å². The van der Waals surface area contributed by atoms with E-state index >= 15 is 0 Å². The SMILES string of the molecule is Cc1ccc(S(=O)(=O)N2CCC(C)C(N)C2)c(C)c1. The number of nitrogens with two attached hydrogens (primary N) is 1. The van der Waals surface area contributed by atoms with Crippen LogP contribution in [0.1, 0.15) is 24.5 Å². The lowest BCUT2D eigenvalue weighted by molar-refractivity contribution is 0.253. The Morgan fingerprint density at radius 2 is 2.00 bits per heavy atom. The summed E-state index contributed by atoms with van der Waals surface area (Å²) < 4.78 is 26.8. The lowest BCUT2D eigenvalue weighted by atomic mass is 9.96. The van der Waals surface area contributed by atoms with Gasteiger partial charge in [-0.3, -0.25) is 0 Å². The van der Waals surface area contributed by atoms with Crippen LogP contribution in [0.4, 0.5) is 0 Å². The van der Waals surface area contributed by atoms with E-state index in [0.29, 0.717) is 23.9 Å². The van der Waals surface area contributed by atoms with Gasteiger partial charge in [-0.05, 0) is 37.8 Å². The zero-order valence-corrected chi connectivity index (χ0v) is 12.6. The molecule has 0 aromatic heterocycles. The number of aryl methyl sites for hydroxylation is 2. The average molecular weight is 282 g/mol. The third kappa shape index (κ3) is 2.83. The van der Waals surface area contributed by atoms with Gasteiger partial charge in [-0.25, -0.2) is 8.42 Å². The second-order valence-electron chi connectivity index (χ2n) is 5.56. The molecule has 0 saturated carbocycles. The summed E-state index contributed by atoms with van der Waals surface area (Å²) in [5.41, 5.74) is 7.87. The van der Waals surface area contributed by atoms with Crippen LogP contribution in [0.15, 0.2) is 23.1 Å². The molecule has 4 nitrogen and oxygen atoms in total. The Kier molecular flexibility index (Phi) is 3.99. The van der Waals surface area contributed by atoms with Crippen molar-refractivity contribution in [3.63, 3.8) is 0 Å². The maximum Gasteiger partial charge on any atom is 0.243 e. The third-order valence-corrected chi connectivity index (χ3v) is 5.95. The first-order valence-electron chi connectivity index (χ1n) is 6.65. The number of piperidine rings is 1. The van der Waals surface area contributed by atoms with Crippen molar-refractivity contribution < 1.29 is 8.42 Å². The molecule has 0 bridgehead atoms. The van der Waals surface area contributed by atoms with Crippen LogP contribution < -0.4 is 5.73 Å². The fourth-order valence-electron chi connectivity index (χ4n) is 2.51. The van der Waals surface area contributed by atoms with Crippen LogP contribution >= 0.6 is 0 Å². The van der Waals surface area contributed by atoms with Gasteiger partial charge in [-0.1, -0.05) is 24.6 Å². The van der Waals surface area contributed by atoms with E-state index in [1.54, 1.807) is 6.07 Å². The molecular weight excluding hydrogens is 260 g/mol. The first-order valence-corrected chi connectivity index (χ1v) is 8.09. The third-order valence-electron chi connectivity index (χ3n) is 3.93. The van der Waals surface area contributed by atoms with Gasteiger partial charge in [0.05, 0.1) is 4.90 Å². The predicted molar refractivity (Wildman–Crippen MR) is 76.4 cm³/mol. The van der Waals surface area contributed by atoms with Crippen molar-refractivity contribution in [2.75, 3.05) is 13.1 Å². The van der Waals surface area contributed by atoms with Crippen molar-refractivity contribution in [1.29, 1.82) is 0 Å². The van der Waals surface area contributed by atoms with E-state index in [2.05, 4.69) is 6.92 Å². The Labute approximate surface area is 115 Å². The van der Waals surface area contributed by atoms with E-state index in [1.165, 1.54) is 4.31 Å². The smallest absolute Gasteiger partial charge is 0.243 e. The molecule has 2 atom stereocenters. The average Bonchev–Trinajstić information content (AvgIpc) is 2.32. The zero-order valence-electron chi connectivity index (χ0n) is 11.8. The summed E-state index contributed by atoms with van der Waals surface area (Å²) >= 11 is 0. The van der Waals surface area contributed by atoms with Gasteiger partial charge < -0.3 is 5.73 Å². The van der Waals surface area contributed by atoms with E-state index in [9.17, 15) is 8.42 Å². The number of hydrogen-bond acceptors (Lipinski definition) is 3. The molecule has 0 spiro atoms. The summed E-state index contributed by atoms with van der Waals surface area (Å²) in [5, 5.41) is 0. The summed E-state index contributed by atoms with van der Waals surface area (Å²) in [6.45, 7) is 6.85. The summed E-state index contributed by atoms with van der Waals surface area (Å²) in [5.74, 6) is 0.380. The summed E-state index contributed by atoms with van der Waals surface area (Å²) in [4.78, 5) is 0.403. The molecule has 0 amide bonds. The summed E-state index contributed by atoms with van der Waals surface area (Å²) in [7, 11) is -3.41. The monoisotopic (exact) mass is 282 g/mol. The molecule has 1 aromatic carbocycles. The minimum absolute atomic E-state index is 0.0747. The largest absolute Gasteiger partial charge is 0.326 e. The van der Waals surface area contributed by atoms with E-state index < -0.39 is 10.0 Å². The fourth-order valence-corrected chi connectivity index (χ4v) is 4.21. The number of hydrogen-bond donors (Lipinski definition) is 1. The first kappa shape index (κ1) is 14.5. The fraction of sp³-hybridized carbons (Fsp3) is 0.571. The number of benzene rings is 1. The molecular formula is C14H22N2O2S. The van der Waals surface area contributed by atoms with Gasteiger partial charge in [0, 0.05) is 19.1 Å². The topological polar surface area (TPSA) is 63.4 Å². The van der Waals surface area contributed by atoms with Crippen LogP contribution in [-0.2, 0) is 10.0 Å². The predicted octanol–water partition coefficient (Wildman–Crippen LogP) is 1.66. The van der Waals surface area contributed by atoms with Crippen LogP contribution in [0.25, 0.3) is 0 Å². The summed E-state index contributed by atoms with van der Waals surface area (Å²) in [6.07, 6.45) is 0.825. The highest BCUT2D eigenvalue weighted by Crippen LogP contribution is 2.25. The second kappa shape index (κ2) is 5.23. The number of rotatable bonds is 2. The molecule has 5 heteroatoms. The highest BCUT2D eigenvalue weighted by Gasteiger charge is 2.32. The second-order valence-corrected chi connectivity index (χ2v) is 7.47. The minimum atomic E-state index is -3.41. The quantitative estimate of drug-likeness (QED) is 0.897. The van der Waals surface area contributed by atoms with Gasteiger partial charge in [0.1, 0.15) is 0 Å². The van der Waals surface area contributed by atoms with Gasteiger partial charge >= 0.3 is 0 Å². The highest BCUT2D eigenvalue weighted by molar-refractivity contribution is 7.89. The van der Waals surface area contributed by atoms with Crippen molar-refractivity contribution >= 4 is 10.0 Å². The molecule has 2 rings (SSSR count). The van der Waals surface area contributed by atoms with Crippen LogP contribution in [0, 0.1) is 19.8 Å². The lowest BCUT2D eigenvalue weighted by Gasteiger charge is -2.34. The van der Waals surface area contributed by atoms with Gasteiger partial charge in [0.15, 0.2) is 0 Å². The molecule has 1 saturated heterocycles. The van der Waals surface area contributed by atoms with E-state index in [4.69, 9.17) is 5.73 Å². The molecule has 0 aliphatic carbocycles. The number of nitrogens with zero attached hydrogens (tertiary/aromatic N) is 1. The Balaban J connectivity index is 2.32. The Bertz CT molecular complexity index is 569. The van der Waals surface area contributed by atoms with Crippen molar-refractivity contribution in [1.82, 2.24) is 4.31 Å². The maximum atomic E-state index is 12.6. The summed E-state index contributed by atoms with van der Waals surface area (Å²) in [6, 6.07) is 5.37. The van der Waals surface area contributed by atoms with Gasteiger partial charge in [0.2, 0.25) is 10.0 Å². The van der Waals surface area contributed by atoms with Gasteiger partial charge in [-0.15, -0.1) is 0 Å². The van der Waals surface area contributed by atoms with Crippen LogP contribution in [0.2, 0.25) is 0 Å². The number of sulfonamides is 1. The molecule has 1 fully saturated rings. The molecule has 2 unspecified atom stereocenters. The molecule has 2 N–H and O–H groups in total. The molecule has 0 radical (unpaired) electrons. The Hall–Kier alpha value is -0.910. The van der Waals surface area contributed by atoms with Crippen molar-refractivity contribution in [2.24, 2.45) is 11.7 Å². The van der Waals surface area contributed by atoms with Crippen LogP contribution in [0.5, 0.6) is 0 Å². The minimum Gasteiger partial charge on any atom is -0.326 e. The Morgan fingerprint density at radius 3 is 2.58 bits per heavy atom. The van der Waals surface area contributed by atoms with Gasteiger partial charge in [0.25, 0.3) is 0 Å². The molecule has 1 heterocycles. The zero-order chi connectivity index (χ0) is 14.2. The molecule has 106 valence electrons. The van der Waals surface area contributed by atoms with Crippen molar-refractivity contribution in [2.45, 2.75) is 38.1 Å². The van der Waals surface area contributed by atoms with Crippen molar-refractivity contribution in [3.8, 4) is 0 Å². The standard InChI is InChI=1S/C14H22N2O2S/c1-10-4-5-14(12(3)8-10)19(17,18)16-7-6-11(2)13(15)9-16/h4-5,8,11,13H,6-7,9,15H2,1-3H3. The molecule has 1 aliphatic rings. The van der Waals surface area contributed by atoms with Crippen LogP contribution in [0.3, 0.4) is 0 Å². The van der Waals surface area contributed by atoms with E-state index in [-0.39, 0.29) is 6.04 Å². The first-order chi connectivity index (χ1) is 8.82. The van der Waals surface area contributed by atoms with Crippen molar-refractivity contribution in [3.05, 3.63) is 29.3 Å². The van der Waals surface area contributed by atoms with E-state index in [0.717, 1.165) is 17.5 Å². The normalized spacial score (nSPS) is 25.5. The molecule has 19 heavy (non-hydrogen) atoms. The Morgan fingerprint density at radius 1 is 1.32 bits per heavy atom. The lowest BCUT2D eigenvalue weighted by Crippen LogP contribution is -2.49. The molecule has 1 aromatic rings.